The average Bonchev–Trinajstić information content (AvgIpc) is 2.72. The first-order chi connectivity index (χ1) is 9.16. The van der Waals surface area contributed by atoms with E-state index in [0.717, 1.165) is 16.8 Å². The molecule has 6 heteroatoms. The predicted molar refractivity (Wildman–Crippen MR) is 74.0 cm³/mol. The van der Waals surface area contributed by atoms with Gasteiger partial charge in [-0.25, -0.2) is 0 Å². The second-order valence-corrected chi connectivity index (χ2v) is 4.99. The molecule has 0 fully saturated rings. The third kappa shape index (κ3) is 2.20. The van der Waals surface area contributed by atoms with Gasteiger partial charge in [0.2, 0.25) is 0 Å². The molecule has 1 aliphatic rings. The van der Waals surface area contributed by atoms with Crippen LogP contribution in [0.5, 0.6) is 0 Å². The van der Waals surface area contributed by atoms with E-state index in [1.807, 2.05) is 0 Å². The fraction of sp³-hybridized carbons (Fsp3) is 0.0714. The molecule has 2 aromatic rings. The van der Waals surface area contributed by atoms with Crippen LogP contribution in [0.15, 0.2) is 53.4 Å². The van der Waals surface area contributed by atoms with E-state index in [1.165, 1.54) is 0 Å². The number of fused-ring (bicyclic) bond motifs is 1. The molecule has 1 aliphatic heterocycles. The molecule has 1 heterocycles. The van der Waals surface area contributed by atoms with Crippen LogP contribution in [0.3, 0.4) is 0 Å². The van der Waals surface area contributed by atoms with Crippen molar-refractivity contribution in [2.75, 3.05) is 0 Å². The van der Waals surface area contributed by atoms with Gasteiger partial charge in [-0.15, -0.1) is 5.69 Å². The summed E-state index contributed by atoms with van der Waals surface area (Å²) in [6.07, 6.45) is 0. The van der Waals surface area contributed by atoms with Crippen LogP contribution >= 0.6 is 11.9 Å². The summed E-state index contributed by atoms with van der Waals surface area (Å²) < 4.78 is 0. The molecular weight excluding hydrogens is 367 g/mol. The first kappa shape index (κ1) is 15.2. The monoisotopic (exact) mass is 377 g/mol. The van der Waals surface area contributed by atoms with E-state index in [1.54, 1.807) is 48.5 Å². The molecule has 1 amide bonds. The predicted octanol–water partition coefficient (Wildman–Crippen LogP) is 2.43. The van der Waals surface area contributed by atoms with E-state index in [0.29, 0.717) is 16.8 Å². The summed E-state index contributed by atoms with van der Waals surface area (Å²) in [5, 5.41) is 20.1. The Hall–Kier alpha value is -1.16. The molecule has 0 aliphatic carbocycles. The molecule has 1 unspecified atom stereocenters. The normalized spacial score (nSPS) is 20.0. The Kier molecular flexibility index (Phi) is 4.33. The number of hydrogen-bond acceptors (Lipinski definition) is 4. The molecule has 3 N–H and O–H groups in total. The van der Waals surface area contributed by atoms with E-state index in [9.17, 15) is 9.90 Å². The molecule has 0 bridgehead atoms. The first-order valence-electron chi connectivity index (χ1n) is 5.71. The van der Waals surface area contributed by atoms with Gasteiger partial charge in [-0.05, 0) is 35.2 Å². The van der Waals surface area contributed by atoms with Crippen LogP contribution in [0.25, 0.3) is 5.32 Å². The third-order valence-corrected chi connectivity index (χ3v) is 3.78. The molecule has 0 aromatic heterocycles. The average molecular weight is 378 g/mol. The minimum absolute atomic E-state index is 0. The van der Waals surface area contributed by atoms with Crippen LogP contribution in [0.2, 0.25) is 0 Å². The number of amides is 1. The summed E-state index contributed by atoms with van der Waals surface area (Å²) in [5.41, 5.74) is -0.140. The summed E-state index contributed by atoms with van der Waals surface area (Å²) >= 11 is 1.12. The van der Waals surface area contributed by atoms with Crippen LogP contribution < -0.4 is 5.14 Å². The van der Waals surface area contributed by atoms with Gasteiger partial charge in [-0.1, -0.05) is 36.4 Å². The smallest absolute Gasteiger partial charge is 0.155 e. The van der Waals surface area contributed by atoms with Crippen LogP contribution in [0, 0.1) is 0 Å². The zero-order valence-electron chi connectivity index (χ0n) is 10.2. The molecule has 0 radical (unpaired) electrons. The van der Waals surface area contributed by atoms with Gasteiger partial charge in [0, 0.05) is 25.3 Å². The summed E-state index contributed by atoms with van der Waals surface area (Å²) in [4.78, 5) is 12.9. The van der Waals surface area contributed by atoms with E-state index in [-0.39, 0.29) is 20.4 Å². The maximum atomic E-state index is 12.1. The molecule has 2 aromatic carbocycles. The van der Waals surface area contributed by atoms with Gasteiger partial charge < -0.3 is 15.2 Å². The topological polar surface area (TPSA) is 77.4 Å². The second kappa shape index (κ2) is 5.68. The van der Waals surface area contributed by atoms with Crippen molar-refractivity contribution in [3.63, 3.8) is 0 Å². The van der Waals surface area contributed by atoms with Crippen LogP contribution in [-0.2, 0) is 30.8 Å². The van der Waals surface area contributed by atoms with Crippen molar-refractivity contribution in [3.8, 4) is 0 Å². The van der Waals surface area contributed by atoms with Crippen molar-refractivity contribution in [3.05, 3.63) is 65.0 Å². The zero-order chi connectivity index (χ0) is 13.5. The third-order valence-electron chi connectivity index (χ3n) is 3.23. The Morgan fingerprint density at radius 3 is 2.40 bits per heavy atom. The van der Waals surface area contributed by atoms with E-state index >= 15 is 0 Å². The number of carbonyl (C=O) groups is 1. The van der Waals surface area contributed by atoms with Crippen molar-refractivity contribution in [1.29, 1.82) is 0 Å². The fourth-order valence-electron chi connectivity index (χ4n) is 2.24. The number of nitrogens with zero attached hydrogens (tertiary/aromatic N) is 1. The minimum atomic E-state index is -1.69. The van der Waals surface area contributed by atoms with Crippen molar-refractivity contribution < 1.29 is 30.3 Å². The van der Waals surface area contributed by atoms with Gasteiger partial charge in [-0.3, -0.25) is 5.14 Å². The molecule has 0 saturated heterocycles. The molecule has 0 spiro atoms. The summed E-state index contributed by atoms with van der Waals surface area (Å²) in [6.45, 7) is 0. The maximum Gasteiger partial charge on any atom is 0.155 e. The van der Waals surface area contributed by atoms with Crippen molar-refractivity contribution in [2.24, 2.45) is 5.14 Å². The number of rotatable bonds is 2. The Bertz CT molecular complexity index is 648. The Labute approximate surface area is 134 Å². The van der Waals surface area contributed by atoms with Crippen LogP contribution in [0.1, 0.15) is 11.1 Å². The van der Waals surface area contributed by atoms with Crippen LogP contribution in [-0.4, -0.2) is 11.0 Å². The van der Waals surface area contributed by atoms with Crippen LogP contribution in [0.4, 0.5) is 5.69 Å². The molecule has 0 saturated carbocycles. The van der Waals surface area contributed by atoms with Gasteiger partial charge in [0.05, 0.1) is 5.91 Å². The van der Waals surface area contributed by atoms with Crippen molar-refractivity contribution in [2.45, 2.75) is 10.5 Å². The quantitative estimate of drug-likeness (QED) is 0.622. The zero-order valence-corrected chi connectivity index (χ0v) is 12.6. The number of para-hydroxylation sites is 1. The SMILES string of the molecule is NSc1ccc(C2(O)C(=O)[N-]c3ccccc32)cc1.[Pd]. The Morgan fingerprint density at radius 2 is 1.75 bits per heavy atom. The minimum Gasteiger partial charge on any atom is -0.623 e. The number of nitrogens with two attached hydrogens (primary N) is 1. The number of carbonyl (C=O) groups excluding carboxylic acids is 1. The molecule has 3 rings (SSSR count). The second-order valence-electron chi connectivity index (χ2n) is 4.29. The van der Waals surface area contributed by atoms with Crippen molar-refractivity contribution >= 4 is 23.5 Å². The Balaban J connectivity index is 0.00000147. The van der Waals surface area contributed by atoms with Gasteiger partial charge >= 0.3 is 0 Å². The van der Waals surface area contributed by atoms with Gasteiger partial charge in [-0.2, -0.15) is 0 Å². The van der Waals surface area contributed by atoms with E-state index < -0.39 is 11.5 Å². The Morgan fingerprint density at radius 1 is 1.10 bits per heavy atom. The number of benzene rings is 2. The molecule has 4 nitrogen and oxygen atoms in total. The fourth-order valence-corrected chi connectivity index (χ4v) is 2.53. The molecular formula is C14H11N2O2PdS-. The maximum absolute atomic E-state index is 12.1. The van der Waals surface area contributed by atoms with E-state index in [4.69, 9.17) is 5.14 Å². The molecule has 106 valence electrons. The first-order valence-corrected chi connectivity index (χ1v) is 6.59. The van der Waals surface area contributed by atoms with Gasteiger partial charge in [0.1, 0.15) is 0 Å². The number of hydrogen-bond donors (Lipinski definition) is 2. The summed E-state index contributed by atoms with van der Waals surface area (Å²) in [7, 11) is 0. The summed E-state index contributed by atoms with van der Waals surface area (Å²) in [5.74, 6) is -0.554. The van der Waals surface area contributed by atoms with Gasteiger partial charge in [0.15, 0.2) is 5.60 Å². The largest absolute Gasteiger partial charge is 0.623 e. The molecule has 20 heavy (non-hydrogen) atoms. The van der Waals surface area contributed by atoms with E-state index in [2.05, 4.69) is 5.32 Å². The number of aliphatic hydroxyl groups is 1. The summed E-state index contributed by atoms with van der Waals surface area (Å²) in [6, 6.07) is 13.9. The van der Waals surface area contributed by atoms with Crippen molar-refractivity contribution in [1.82, 2.24) is 0 Å². The van der Waals surface area contributed by atoms with Gasteiger partial charge in [0.25, 0.3) is 0 Å². The molecule has 1 atom stereocenters. The standard InChI is InChI=1S/C14H12N2O2S.Pd/c15-19-10-7-5-9(6-8-10)14(18)11-3-1-2-4-12(11)16-13(14)17;/h1-8,18H,15H2,(H,16,17);/p-1.